The fraction of sp³-hybridized carbons (Fsp3) is 0.125. The molecule has 2 aromatic rings. The van der Waals surface area contributed by atoms with Gasteiger partial charge in [-0.1, -0.05) is 35.9 Å². The van der Waals surface area contributed by atoms with Crippen LogP contribution in [0.2, 0.25) is 0 Å². The van der Waals surface area contributed by atoms with Crippen molar-refractivity contribution in [2.45, 2.75) is 13.3 Å². The standard InChI is InChI=1S/C16H14O3/c1-11-5-4-6-12(9-11)15(18)10-16(19)13-7-2-3-8-14(13)17/h2-9,17H,10H2,1H3. The first-order valence-electron chi connectivity index (χ1n) is 5.99. The fourth-order valence-electron chi connectivity index (χ4n) is 1.87. The highest BCUT2D eigenvalue weighted by molar-refractivity contribution is 6.14. The topological polar surface area (TPSA) is 54.4 Å². The molecular formula is C16H14O3. The number of aromatic hydroxyl groups is 1. The van der Waals surface area contributed by atoms with Crippen molar-refractivity contribution >= 4 is 11.6 Å². The van der Waals surface area contributed by atoms with Gasteiger partial charge >= 0.3 is 0 Å². The Morgan fingerprint density at radius 3 is 2.42 bits per heavy atom. The molecule has 0 unspecified atom stereocenters. The molecule has 0 aliphatic rings. The third-order valence-electron chi connectivity index (χ3n) is 2.87. The molecule has 0 saturated heterocycles. The van der Waals surface area contributed by atoms with Gasteiger partial charge in [0.2, 0.25) is 0 Å². The lowest BCUT2D eigenvalue weighted by Gasteiger charge is -2.04. The second kappa shape index (κ2) is 5.48. The minimum atomic E-state index is -0.371. The molecule has 3 nitrogen and oxygen atoms in total. The van der Waals surface area contributed by atoms with Crippen LogP contribution in [-0.2, 0) is 0 Å². The number of hydrogen-bond acceptors (Lipinski definition) is 3. The van der Waals surface area contributed by atoms with Gasteiger partial charge in [-0.25, -0.2) is 0 Å². The Kier molecular flexibility index (Phi) is 3.76. The Hall–Kier alpha value is -2.42. The molecule has 0 aliphatic heterocycles. The number of para-hydroxylation sites is 1. The highest BCUT2D eigenvalue weighted by Gasteiger charge is 2.16. The van der Waals surface area contributed by atoms with Crippen LogP contribution >= 0.6 is 0 Å². The maximum absolute atomic E-state index is 12.0. The summed E-state index contributed by atoms with van der Waals surface area (Å²) in [6, 6.07) is 13.4. The second-order valence-corrected chi connectivity index (χ2v) is 4.41. The van der Waals surface area contributed by atoms with Gasteiger partial charge in [-0.3, -0.25) is 9.59 Å². The molecule has 0 heterocycles. The minimum Gasteiger partial charge on any atom is -0.507 e. The van der Waals surface area contributed by atoms with E-state index in [1.54, 1.807) is 30.3 Å². The van der Waals surface area contributed by atoms with Crippen LogP contribution in [-0.4, -0.2) is 16.7 Å². The lowest BCUT2D eigenvalue weighted by atomic mass is 10.00. The number of phenolic OH excluding ortho intramolecular Hbond substituents is 1. The molecule has 0 aliphatic carbocycles. The zero-order chi connectivity index (χ0) is 13.8. The molecule has 0 aromatic heterocycles. The van der Waals surface area contributed by atoms with E-state index in [1.807, 2.05) is 13.0 Å². The van der Waals surface area contributed by atoms with Gasteiger partial charge in [-0.05, 0) is 25.1 Å². The van der Waals surface area contributed by atoms with E-state index in [0.717, 1.165) is 5.56 Å². The van der Waals surface area contributed by atoms with Crippen molar-refractivity contribution < 1.29 is 14.7 Å². The van der Waals surface area contributed by atoms with Crippen molar-refractivity contribution in [3.05, 3.63) is 65.2 Å². The first-order valence-corrected chi connectivity index (χ1v) is 5.99. The van der Waals surface area contributed by atoms with E-state index in [2.05, 4.69) is 0 Å². The van der Waals surface area contributed by atoms with Gasteiger partial charge in [-0.15, -0.1) is 0 Å². The predicted molar refractivity (Wildman–Crippen MR) is 72.6 cm³/mol. The van der Waals surface area contributed by atoms with Crippen LogP contribution in [0.3, 0.4) is 0 Å². The molecule has 0 fully saturated rings. The number of rotatable bonds is 4. The molecule has 0 radical (unpaired) electrons. The zero-order valence-electron chi connectivity index (χ0n) is 10.6. The van der Waals surface area contributed by atoms with E-state index in [9.17, 15) is 14.7 Å². The molecule has 96 valence electrons. The zero-order valence-corrected chi connectivity index (χ0v) is 10.6. The van der Waals surface area contributed by atoms with Crippen LogP contribution in [0.15, 0.2) is 48.5 Å². The van der Waals surface area contributed by atoms with Crippen LogP contribution in [0.5, 0.6) is 5.75 Å². The highest BCUT2D eigenvalue weighted by Crippen LogP contribution is 2.18. The maximum Gasteiger partial charge on any atom is 0.174 e. The first kappa shape index (κ1) is 13.0. The van der Waals surface area contributed by atoms with E-state index in [1.165, 1.54) is 12.1 Å². The van der Waals surface area contributed by atoms with Crippen molar-refractivity contribution in [3.8, 4) is 5.75 Å². The Morgan fingerprint density at radius 1 is 1.00 bits per heavy atom. The number of hydrogen-bond donors (Lipinski definition) is 1. The molecule has 1 N–H and O–H groups in total. The average Bonchev–Trinajstić information content (AvgIpc) is 2.39. The van der Waals surface area contributed by atoms with Crippen LogP contribution < -0.4 is 0 Å². The van der Waals surface area contributed by atoms with Gasteiger partial charge in [0.05, 0.1) is 12.0 Å². The highest BCUT2D eigenvalue weighted by atomic mass is 16.3. The minimum absolute atomic E-state index is 0.0930. The molecule has 19 heavy (non-hydrogen) atoms. The van der Waals surface area contributed by atoms with E-state index in [-0.39, 0.29) is 29.3 Å². The van der Waals surface area contributed by atoms with Gasteiger partial charge in [-0.2, -0.15) is 0 Å². The molecule has 0 atom stereocenters. The van der Waals surface area contributed by atoms with Gasteiger partial charge < -0.3 is 5.11 Å². The SMILES string of the molecule is Cc1cccc(C(=O)CC(=O)c2ccccc2O)c1. The van der Waals surface area contributed by atoms with Crippen molar-refractivity contribution in [1.29, 1.82) is 0 Å². The van der Waals surface area contributed by atoms with E-state index in [4.69, 9.17) is 0 Å². The Labute approximate surface area is 111 Å². The second-order valence-electron chi connectivity index (χ2n) is 4.41. The van der Waals surface area contributed by atoms with E-state index >= 15 is 0 Å². The lowest BCUT2D eigenvalue weighted by Crippen LogP contribution is -2.08. The number of phenols is 1. The number of carbonyl (C=O) groups is 2. The maximum atomic E-state index is 12.0. The number of Topliss-reactive ketones (excluding diaryl/α,β-unsaturated/α-hetero) is 2. The van der Waals surface area contributed by atoms with Gasteiger partial charge in [0.15, 0.2) is 11.6 Å². The molecule has 0 saturated carbocycles. The quantitative estimate of drug-likeness (QED) is 0.673. The number of benzene rings is 2. The molecule has 0 spiro atoms. The van der Waals surface area contributed by atoms with E-state index in [0.29, 0.717) is 5.56 Å². The molecule has 3 heteroatoms. The third-order valence-corrected chi connectivity index (χ3v) is 2.87. The number of carbonyl (C=O) groups excluding carboxylic acids is 2. The summed E-state index contributed by atoms with van der Waals surface area (Å²) < 4.78 is 0. The molecule has 0 bridgehead atoms. The summed E-state index contributed by atoms with van der Waals surface area (Å²) in [6.07, 6.45) is -0.235. The largest absolute Gasteiger partial charge is 0.507 e. The van der Waals surface area contributed by atoms with Crippen molar-refractivity contribution in [2.75, 3.05) is 0 Å². The molecular weight excluding hydrogens is 240 g/mol. The summed E-state index contributed by atoms with van der Waals surface area (Å²) in [7, 11) is 0. The molecule has 0 amide bonds. The third kappa shape index (κ3) is 3.07. The van der Waals surface area contributed by atoms with Crippen molar-refractivity contribution in [3.63, 3.8) is 0 Å². The van der Waals surface area contributed by atoms with Gasteiger partial charge in [0.25, 0.3) is 0 Å². The summed E-state index contributed by atoms with van der Waals surface area (Å²) in [5.41, 5.74) is 1.67. The number of ketones is 2. The van der Waals surface area contributed by atoms with Crippen LogP contribution in [0, 0.1) is 6.92 Å². The number of aryl methyl sites for hydroxylation is 1. The Balaban J connectivity index is 2.16. The normalized spacial score (nSPS) is 10.2. The van der Waals surface area contributed by atoms with Crippen LogP contribution in [0.1, 0.15) is 32.7 Å². The first-order chi connectivity index (χ1) is 9.08. The summed E-state index contributed by atoms with van der Waals surface area (Å²) in [5, 5.41) is 9.58. The van der Waals surface area contributed by atoms with Crippen molar-refractivity contribution in [2.24, 2.45) is 0 Å². The summed E-state index contributed by atoms with van der Waals surface area (Å²) in [6.45, 7) is 1.89. The van der Waals surface area contributed by atoms with Gasteiger partial charge in [0.1, 0.15) is 5.75 Å². The molecule has 2 rings (SSSR count). The predicted octanol–water partition coefficient (Wildman–Crippen LogP) is 3.16. The Morgan fingerprint density at radius 2 is 1.74 bits per heavy atom. The monoisotopic (exact) mass is 254 g/mol. The summed E-state index contributed by atoms with van der Waals surface area (Å²) in [5.74, 6) is -0.703. The summed E-state index contributed by atoms with van der Waals surface area (Å²) in [4.78, 5) is 23.9. The van der Waals surface area contributed by atoms with Crippen LogP contribution in [0.4, 0.5) is 0 Å². The summed E-state index contributed by atoms with van der Waals surface area (Å²) >= 11 is 0. The fourth-order valence-corrected chi connectivity index (χ4v) is 1.87. The average molecular weight is 254 g/mol. The van der Waals surface area contributed by atoms with Crippen molar-refractivity contribution in [1.82, 2.24) is 0 Å². The lowest BCUT2D eigenvalue weighted by molar-refractivity contribution is 0.0893. The molecule has 2 aromatic carbocycles. The van der Waals surface area contributed by atoms with Crippen LogP contribution in [0.25, 0.3) is 0 Å². The Bertz CT molecular complexity index is 629. The smallest absolute Gasteiger partial charge is 0.174 e. The van der Waals surface area contributed by atoms with Gasteiger partial charge in [0, 0.05) is 5.56 Å². The van der Waals surface area contributed by atoms with E-state index < -0.39 is 0 Å².